The molecule has 0 amide bonds. The second-order valence-electron chi connectivity index (χ2n) is 5.83. The van der Waals surface area contributed by atoms with Crippen molar-refractivity contribution in [2.24, 2.45) is 5.92 Å². The molecule has 106 valence electrons. The lowest BCUT2D eigenvalue weighted by atomic mass is 9.80. The van der Waals surface area contributed by atoms with Gasteiger partial charge in [0.1, 0.15) is 0 Å². The molecule has 1 aromatic carbocycles. The van der Waals surface area contributed by atoms with Crippen LogP contribution in [0.3, 0.4) is 0 Å². The Hall–Kier alpha value is -0.530. The van der Waals surface area contributed by atoms with Crippen LogP contribution >= 0.6 is 11.6 Å². The lowest BCUT2D eigenvalue weighted by Crippen LogP contribution is -2.30. The Labute approximate surface area is 122 Å². The van der Waals surface area contributed by atoms with E-state index >= 15 is 0 Å². The third-order valence-electron chi connectivity index (χ3n) is 4.31. The summed E-state index contributed by atoms with van der Waals surface area (Å²) in [6, 6.07) is 6.80. The Kier molecular flexibility index (Phi) is 5.72. The Bertz CT molecular complexity index is 396. The molecule has 1 saturated carbocycles. The second kappa shape index (κ2) is 7.31. The first kappa shape index (κ1) is 14.9. The zero-order valence-electron chi connectivity index (χ0n) is 12.2. The van der Waals surface area contributed by atoms with Gasteiger partial charge in [0.25, 0.3) is 0 Å². The Morgan fingerprint density at radius 1 is 1.26 bits per heavy atom. The van der Waals surface area contributed by atoms with Crippen molar-refractivity contribution in [3.05, 3.63) is 34.3 Å². The van der Waals surface area contributed by atoms with E-state index in [1.54, 1.807) is 0 Å². The van der Waals surface area contributed by atoms with Crippen LogP contribution in [-0.2, 0) is 0 Å². The van der Waals surface area contributed by atoms with Gasteiger partial charge in [0.2, 0.25) is 0 Å². The fourth-order valence-corrected chi connectivity index (χ4v) is 3.42. The van der Waals surface area contributed by atoms with Crippen LogP contribution in [0.15, 0.2) is 18.2 Å². The molecule has 0 radical (unpaired) electrons. The van der Waals surface area contributed by atoms with Crippen molar-refractivity contribution in [3.8, 4) is 0 Å². The fraction of sp³-hybridized carbons (Fsp3) is 0.647. The number of halogens is 1. The van der Waals surface area contributed by atoms with Gasteiger partial charge in [0.15, 0.2) is 0 Å². The number of benzene rings is 1. The largest absolute Gasteiger partial charge is 0.310 e. The number of aryl methyl sites for hydroxylation is 1. The van der Waals surface area contributed by atoms with Crippen molar-refractivity contribution < 1.29 is 0 Å². The van der Waals surface area contributed by atoms with Crippen LogP contribution < -0.4 is 5.32 Å². The zero-order valence-corrected chi connectivity index (χ0v) is 13.0. The molecule has 0 saturated heterocycles. The van der Waals surface area contributed by atoms with Gasteiger partial charge < -0.3 is 5.32 Å². The minimum atomic E-state index is 0.485. The third kappa shape index (κ3) is 3.97. The summed E-state index contributed by atoms with van der Waals surface area (Å²) < 4.78 is 0. The maximum atomic E-state index is 6.21. The smallest absolute Gasteiger partial charge is 0.0409 e. The molecule has 0 heterocycles. The molecule has 1 aromatic rings. The molecule has 1 atom stereocenters. The van der Waals surface area contributed by atoms with E-state index in [-0.39, 0.29) is 0 Å². The Balaban J connectivity index is 2.22. The summed E-state index contributed by atoms with van der Waals surface area (Å²) in [5, 5.41) is 4.63. The summed E-state index contributed by atoms with van der Waals surface area (Å²) in [4.78, 5) is 0. The first-order valence-corrected chi connectivity index (χ1v) is 8.09. The highest BCUT2D eigenvalue weighted by Crippen LogP contribution is 2.36. The average molecular weight is 280 g/mol. The molecule has 0 spiro atoms. The summed E-state index contributed by atoms with van der Waals surface area (Å²) in [5.74, 6) is 0.775. The van der Waals surface area contributed by atoms with Crippen LogP contribution in [0.1, 0.15) is 62.6 Å². The van der Waals surface area contributed by atoms with Gasteiger partial charge in [-0.15, -0.1) is 0 Å². The molecule has 0 bridgehead atoms. The van der Waals surface area contributed by atoms with Gasteiger partial charge >= 0.3 is 0 Å². The number of rotatable bonds is 5. The number of hydrogen-bond donors (Lipinski definition) is 1. The highest BCUT2D eigenvalue weighted by atomic mass is 35.5. The van der Waals surface area contributed by atoms with Gasteiger partial charge in [0.05, 0.1) is 0 Å². The van der Waals surface area contributed by atoms with E-state index in [4.69, 9.17) is 11.6 Å². The summed E-state index contributed by atoms with van der Waals surface area (Å²) in [7, 11) is 0. The average Bonchev–Trinajstić information content (AvgIpc) is 2.44. The topological polar surface area (TPSA) is 12.0 Å². The van der Waals surface area contributed by atoms with Crippen molar-refractivity contribution in [2.45, 2.75) is 58.4 Å². The lowest BCUT2D eigenvalue weighted by molar-refractivity contribution is 0.271. The van der Waals surface area contributed by atoms with E-state index in [0.29, 0.717) is 6.04 Å². The van der Waals surface area contributed by atoms with Crippen LogP contribution in [0.4, 0.5) is 0 Å². The van der Waals surface area contributed by atoms with Gasteiger partial charge in [-0.2, -0.15) is 0 Å². The van der Waals surface area contributed by atoms with Gasteiger partial charge in [-0.05, 0) is 61.9 Å². The third-order valence-corrected chi connectivity index (χ3v) is 4.55. The summed E-state index contributed by atoms with van der Waals surface area (Å²) in [5.41, 5.74) is 2.77. The Morgan fingerprint density at radius 2 is 2.00 bits per heavy atom. The molecular weight excluding hydrogens is 254 g/mol. The predicted molar refractivity (Wildman–Crippen MR) is 83.8 cm³/mol. The molecule has 0 aromatic heterocycles. The maximum absolute atomic E-state index is 6.21. The van der Waals surface area contributed by atoms with Gasteiger partial charge in [-0.25, -0.2) is 0 Å². The normalized spacial score (nSPS) is 18.5. The van der Waals surface area contributed by atoms with Crippen molar-refractivity contribution in [2.75, 3.05) is 6.54 Å². The van der Waals surface area contributed by atoms with Crippen molar-refractivity contribution in [3.63, 3.8) is 0 Å². The highest BCUT2D eigenvalue weighted by molar-refractivity contribution is 6.30. The molecule has 2 rings (SSSR count). The first-order valence-electron chi connectivity index (χ1n) is 7.71. The molecule has 0 aliphatic heterocycles. The molecule has 1 N–H and O–H groups in total. The zero-order chi connectivity index (χ0) is 13.7. The van der Waals surface area contributed by atoms with E-state index in [1.807, 2.05) is 6.07 Å². The molecule has 19 heavy (non-hydrogen) atoms. The van der Waals surface area contributed by atoms with Crippen LogP contribution in [0.5, 0.6) is 0 Å². The molecular formula is C17H26ClN. The molecule has 2 heteroatoms. The van der Waals surface area contributed by atoms with Crippen molar-refractivity contribution in [1.29, 1.82) is 0 Å². The monoisotopic (exact) mass is 279 g/mol. The van der Waals surface area contributed by atoms with E-state index in [1.165, 1.54) is 49.7 Å². The molecule has 1 fully saturated rings. The Morgan fingerprint density at radius 3 is 2.68 bits per heavy atom. The quantitative estimate of drug-likeness (QED) is 0.774. The van der Waals surface area contributed by atoms with E-state index < -0.39 is 0 Å². The fourth-order valence-electron chi connectivity index (χ4n) is 3.24. The van der Waals surface area contributed by atoms with Crippen molar-refractivity contribution in [1.82, 2.24) is 5.32 Å². The minimum Gasteiger partial charge on any atom is -0.310 e. The standard InChI is InChI=1S/C17H26ClN/c1-3-11-19-17(14-7-5-4-6-8-14)16-12-15(18)10-9-13(16)2/h9-10,12,14,17,19H,3-8,11H2,1-2H3. The van der Waals surface area contributed by atoms with E-state index in [0.717, 1.165) is 17.5 Å². The SMILES string of the molecule is CCCNC(c1cc(Cl)ccc1C)C1CCCCC1. The molecule has 1 aliphatic rings. The van der Waals surface area contributed by atoms with Gasteiger partial charge in [0, 0.05) is 11.1 Å². The molecule has 1 nitrogen and oxygen atoms in total. The van der Waals surface area contributed by atoms with Crippen LogP contribution in [0, 0.1) is 12.8 Å². The maximum Gasteiger partial charge on any atom is 0.0409 e. The van der Waals surface area contributed by atoms with Crippen LogP contribution in [-0.4, -0.2) is 6.54 Å². The highest BCUT2D eigenvalue weighted by Gasteiger charge is 2.25. The molecule has 1 aliphatic carbocycles. The summed E-state index contributed by atoms with van der Waals surface area (Å²) in [6.45, 7) is 5.53. The van der Waals surface area contributed by atoms with E-state index in [2.05, 4.69) is 31.3 Å². The molecule has 1 unspecified atom stereocenters. The van der Waals surface area contributed by atoms with E-state index in [9.17, 15) is 0 Å². The predicted octanol–water partition coefficient (Wildman–Crippen LogP) is 5.27. The number of nitrogens with one attached hydrogen (secondary N) is 1. The summed E-state index contributed by atoms with van der Waals surface area (Å²) >= 11 is 6.21. The summed E-state index contributed by atoms with van der Waals surface area (Å²) in [6.07, 6.45) is 8.07. The van der Waals surface area contributed by atoms with Gasteiger partial charge in [-0.1, -0.05) is 43.9 Å². The van der Waals surface area contributed by atoms with Crippen LogP contribution in [0.25, 0.3) is 0 Å². The minimum absolute atomic E-state index is 0.485. The first-order chi connectivity index (χ1) is 9.22. The lowest BCUT2D eigenvalue weighted by Gasteiger charge is -2.32. The van der Waals surface area contributed by atoms with Gasteiger partial charge in [-0.3, -0.25) is 0 Å². The number of hydrogen-bond acceptors (Lipinski definition) is 1. The van der Waals surface area contributed by atoms with Crippen molar-refractivity contribution >= 4 is 11.6 Å². The van der Waals surface area contributed by atoms with Crippen LogP contribution in [0.2, 0.25) is 5.02 Å². The second-order valence-corrected chi connectivity index (χ2v) is 6.27.